The largest absolute Gasteiger partial charge is 0.377 e. The second-order valence-electron chi connectivity index (χ2n) is 5.84. The third-order valence-electron chi connectivity index (χ3n) is 2.65. The van der Waals surface area contributed by atoms with Crippen LogP contribution in [0.3, 0.4) is 0 Å². The highest BCUT2D eigenvalue weighted by molar-refractivity contribution is 5.37. The molecule has 18 heavy (non-hydrogen) atoms. The quantitative estimate of drug-likeness (QED) is 0.746. The zero-order valence-electron chi connectivity index (χ0n) is 12.1. The van der Waals surface area contributed by atoms with Gasteiger partial charge in [-0.2, -0.15) is 0 Å². The van der Waals surface area contributed by atoms with Crippen molar-refractivity contribution < 1.29 is 4.74 Å². The Morgan fingerprint density at radius 3 is 2.78 bits per heavy atom. The van der Waals surface area contributed by atoms with Crippen LogP contribution in [0.1, 0.15) is 46.1 Å². The molecule has 1 aromatic rings. The van der Waals surface area contributed by atoms with E-state index in [4.69, 9.17) is 4.74 Å². The van der Waals surface area contributed by atoms with E-state index in [0.29, 0.717) is 12.0 Å². The van der Waals surface area contributed by atoms with E-state index in [2.05, 4.69) is 44.1 Å². The summed E-state index contributed by atoms with van der Waals surface area (Å²) in [5.74, 6) is 0.939. The Bertz CT molecular complexity index is 345. The number of nitrogens with one attached hydrogen (secondary N) is 1. The number of aromatic nitrogens is 1. The standard InChI is InChI=1S/C15H26N2O/c1-5-8-16-14-11-13(6-9-17-14)12-18-10-7-15(2,3)4/h6,9,11H,5,7-8,10,12H2,1-4H3,(H,16,17). The molecule has 0 atom stereocenters. The number of nitrogens with zero attached hydrogens (tertiary/aromatic N) is 1. The minimum Gasteiger partial charge on any atom is -0.377 e. The van der Waals surface area contributed by atoms with E-state index >= 15 is 0 Å². The van der Waals surface area contributed by atoms with Crippen molar-refractivity contribution >= 4 is 5.82 Å². The lowest BCUT2D eigenvalue weighted by atomic mass is 9.93. The molecule has 0 aliphatic carbocycles. The van der Waals surface area contributed by atoms with Crippen molar-refractivity contribution in [1.29, 1.82) is 0 Å². The van der Waals surface area contributed by atoms with Gasteiger partial charge in [-0.3, -0.25) is 0 Å². The molecule has 0 spiro atoms. The molecule has 1 rings (SSSR count). The third-order valence-corrected chi connectivity index (χ3v) is 2.65. The highest BCUT2D eigenvalue weighted by Crippen LogP contribution is 2.18. The molecule has 0 radical (unpaired) electrons. The van der Waals surface area contributed by atoms with Crippen LogP contribution in [-0.2, 0) is 11.3 Å². The molecule has 3 heteroatoms. The molecule has 1 N–H and O–H groups in total. The average Bonchev–Trinajstić information content (AvgIpc) is 2.31. The van der Waals surface area contributed by atoms with E-state index < -0.39 is 0 Å². The first-order chi connectivity index (χ1) is 8.51. The van der Waals surface area contributed by atoms with Crippen molar-refractivity contribution in [2.75, 3.05) is 18.5 Å². The molecule has 0 unspecified atom stereocenters. The second-order valence-corrected chi connectivity index (χ2v) is 5.84. The lowest BCUT2D eigenvalue weighted by molar-refractivity contribution is 0.0962. The average molecular weight is 250 g/mol. The number of hydrogen-bond acceptors (Lipinski definition) is 3. The van der Waals surface area contributed by atoms with Crippen LogP contribution in [0, 0.1) is 5.41 Å². The van der Waals surface area contributed by atoms with E-state index in [0.717, 1.165) is 31.8 Å². The van der Waals surface area contributed by atoms with E-state index in [9.17, 15) is 0 Å². The lowest BCUT2D eigenvalue weighted by Crippen LogP contribution is -2.09. The second kappa shape index (κ2) is 7.37. The molecular formula is C15H26N2O. The summed E-state index contributed by atoms with van der Waals surface area (Å²) in [5, 5.41) is 3.28. The fourth-order valence-electron chi connectivity index (χ4n) is 1.48. The summed E-state index contributed by atoms with van der Waals surface area (Å²) in [7, 11) is 0. The Labute approximate surface area is 111 Å². The number of ether oxygens (including phenoxy) is 1. The fourth-order valence-corrected chi connectivity index (χ4v) is 1.48. The van der Waals surface area contributed by atoms with Gasteiger partial charge in [0.15, 0.2) is 0 Å². The normalized spacial score (nSPS) is 11.6. The summed E-state index contributed by atoms with van der Waals surface area (Å²) < 4.78 is 5.70. The summed E-state index contributed by atoms with van der Waals surface area (Å²) in [4.78, 5) is 4.28. The van der Waals surface area contributed by atoms with Crippen molar-refractivity contribution in [2.45, 2.75) is 47.1 Å². The topological polar surface area (TPSA) is 34.1 Å². The van der Waals surface area contributed by atoms with Crippen LogP contribution in [0.15, 0.2) is 18.3 Å². The summed E-state index contributed by atoms with van der Waals surface area (Å²) in [6, 6.07) is 4.07. The van der Waals surface area contributed by atoms with E-state index in [1.165, 1.54) is 5.56 Å². The predicted molar refractivity (Wildman–Crippen MR) is 76.7 cm³/mol. The van der Waals surface area contributed by atoms with E-state index in [1.54, 1.807) is 0 Å². The van der Waals surface area contributed by atoms with Gasteiger partial charge in [0, 0.05) is 19.3 Å². The SMILES string of the molecule is CCCNc1cc(COCCC(C)(C)C)ccn1. The minimum absolute atomic E-state index is 0.339. The van der Waals surface area contributed by atoms with E-state index in [-0.39, 0.29) is 0 Å². The summed E-state index contributed by atoms with van der Waals surface area (Å²) >= 11 is 0. The van der Waals surface area contributed by atoms with Gasteiger partial charge in [-0.15, -0.1) is 0 Å². The van der Waals surface area contributed by atoms with Gasteiger partial charge in [-0.05, 0) is 36.0 Å². The van der Waals surface area contributed by atoms with Gasteiger partial charge >= 0.3 is 0 Å². The summed E-state index contributed by atoms with van der Waals surface area (Å²) in [6.07, 6.45) is 4.02. The number of rotatable bonds is 7. The van der Waals surface area contributed by atoms with Crippen molar-refractivity contribution in [3.8, 4) is 0 Å². The zero-order valence-corrected chi connectivity index (χ0v) is 12.1. The van der Waals surface area contributed by atoms with Gasteiger partial charge in [0.25, 0.3) is 0 Å². The highest BCUT2D eigenvalue weighted by Gasteiger charge is 2.09. The molecule has 102 valence electrons. The molecule has 1 aromatic heterocycles. The fraction of sp³-hybridized carbons (Fsp3) is 0.667. The summed E-state index contributed by atoms with van der Waals surface area (Å²) in [5.41, 5.74) is 1.52. The molecule has 0 fully saturated rings. The van der Waals surface area contributed by atoms with Crippen LogP contribution < -0.4 is 5.32 Å². The zero-order chi connectivity index (χ0) is 13.4. The van der Waals surface area contributed by atoms with Gasteiger partial charge in [0.1, 0.15) is 5.82 Å². The maximum atomic E-state index is 5.70. The minimum atomic E-state index is 0.339. The van der Waals surface area contributed by atoms with Crippen molar-refractivity contribution in [2.24, 2.45) is 5.41 Å². The Hall–Kier alpha value is -1.09. The number of hydrogen-bond donors (Lipinski definition) is 1. The molecule has 0 saturated heterocycles. The highest BCUT2D eigenvalue weighted by atomic mass is 16.5. The molecule has 0 aliphatic rings. The molecule has 3 nitrogen and oxygen atoms in total. The molecule has 0 aromatic carbocycles. The van der Waals surface area contributed by atoms with Crippen LogP contribution >= 0.6 is 0 Å². The maximum Gasteiger partial charge on any atom is 0.126 e. The van der Waals surface area contributed by atoms with Crippen LogP contribution in [0.4, 0.5) is 5.82 Å². The molecule has 0 bridgehead atoms. The Kier molecular flexibility index (Phi) is 6.13. The van der Waals surface area contributed by atoms with Crippen LogP contribution in [0.2, 0.25) is 0 Å². The maximum absolute atomic E-state index is 5.70. The van der Waals surface area contributed by atoms with Crippen LogP contribution in [0.25, 0.3) is 0 Å². The number of anilines is 1. The lowest BCUT2D eigenvalue weighted by Gasteiger charge is -2.17. The van der Waals surface area contributed by atoms with Crippen molar-refractivity contribution in [3.63, 3.8) is 0 Å². The van der Waals surface area contributed by atoms with Gasteiger partial charge in [0.2, 0.25) is 0 Å². The van der Waals surface area contributed by atoms with Crippen molar-refractivity contribution in [1.82, 2.24) is 4.98 Å². The smallest absolute Gasteiger partial charge is 0.126 e. The van der Waals surface area contributed by atoms with Gasteiger partial charge in [0.05, 0.1) is 6.61 Å². The summed E-state index contributed by atoms with van der Waals surface area (Å²) in [6.45, 7) is 11.3. The van der Waals surface area contributed by atoms with E-state index in [1.807, 2.05) is 12.3 Å². The molecule has 0 aliphatic heterocycles. The van der Waals surface area contributed by atoms with Gasteiger partial charge in [-0.1, -0.05) is 27.7 Å². The molecule has 0 amide bonds. The van der Waals surface area contributed by atoms with Crippen molar-refractivity contribution in [3.05, 3.63) is 23.9 Å². The Morgan fingerprint density at radius 1 is 1.33 bits per heavy atom. The number of pyridine rings is 1. The third kappa shape index (κ3) is 6.60. The molecular weight excluding hydrogens is 224 g/mol. The monoisotopic (exact) mass is 250 g/mol. The van der Waals surface area contributed by atoms with Crippen LogP contribution in [-0.4, -0.2) is 18.1 Å². The van der Waals surface area contributed by atoms with Gasteiger partial charge in [-0.25, -0.2) is 4.98 Å². The Balaban J connectivity index is 2.33. The van der Waals surface area contributed by atoms with Gasteiger partial charge < -0.3 is 10.1 Å². The predicted octanol–water partition coefficient (Wildman–Crippen LogP) is 3.86. The Morgan fingerprint density at radius 2 is 2.11 bits per heavy atom. The molecule has 1 heterocycles. The van der Waals surface area contributed by atoms with Crippen LogP contribution in [0.5, 0.6) is 0 Å². The first kappa shape index (κ1) is 15.0. The first-order valence-electron chi connectivity index (χ1n) is 6.78. The first-order valence-corrected chi connectivity index (χ1v) is 6.78. The molecule has 0 saturated carbocycles.